The number of nitrogens with zero attached hydrogens (tertiary/aromatic N) is 3. The summed E-state index contributed by atoms with van der Waals surface area (Å²) in [6, 6.07) is -0.178. The van der Waals surface area contributed by atoms with Crippen molar-refractivity contribution in [2.45, 2.75) is 12.8 Å². The molecule has 0 bridgehead atoms. The molecule has 0 atom stereocenters. The van der Waals surface area contributed by atoms with E-state index >= 15 is 0 Å². The van der Waals surface area contributed by atoms with Crippen molar-refractivity contribution in [3.8, 4) is 0 Å². The predicted octanol–water partition coefficient (Wildman–Crippen LogP) is 0.847. The van der Waals surface area contributed by atoms with Crippen LogP contribution in [0.5, 0.6) is 0 Å². The first kappa shape index (κ1) is 12.0. The first-order valence-electron chi connectivity index (χ1n) is 4.02. The van der Waals surface area contributed by atoms with Crippen LogP contribution in [-0.2, 0) is 12.8 Å². The summed E-state index contributed by atoms with van der Waals surface area (Å²) in [6.45, 7) is -0.338. The predicted molar refractivity (Wildman–Crippen MR) is 47.4 cm³/mol. The number of hydrogen-bond donors (Lipinski definition) is 2. The van der Waals surface area contributed by atoms with Gasteiger partial charge in [-0.2, -0.15) is 18.3 Å². The second kappa shape index (κ2) is 4.21. The van der Waals surface area contributed by atoms with Gasteiger partial charge in [0.2, 0.25) is 0 Å². The van der Waals surface area contributed by atoms with Gasteiger partial charge < -0.3 is 5.73 Å². The molecular formula is C7H8F3N5O. The lowest BCUT2D eigenvalue weighted by atomic mass is 10.4. The van der Waals surface area contributed by atoms with E-state index in [4.69, 9.17) is 11.1 Å². The van der Waals surface area contributed by atoms with E-state index in [0.717, 1.165) is 16.9 Å². The summed E-state index contributed by atoms with van der Waals surface area (Å²) in [5.74, 6) is 0. The fraction of sp³-hybridized carbons (Fsp3) is 0.286. The fourth-order valence-electron chi connectivity index (χ4n) is 0.922. The van der Waals surface area contributed by atoms with Crippen molar-refractivity contribution < 1.29 is 18.0 Å². The lowest BCUT2D eigenvalue weighted by Crippen LogP contribution is -2.36. The summed E-state index contributed by atoms with van der Waals surface area (Å²) in [4.78, 5) is 11.4. The molecule has 0 spiro atoms. The summed E-state index contributed by atoms with van der Waals surface area (Å²) >= 11 is 0. The van der Waals surface area contributed by atoms with Gasteiger partial charge in [0.15, 0.2) is 5.69 Å². The van der Waals surface area contributed by atoms with Gasteiger partial charge in [0.1, 0.15) is 6.67 Å². The van der Waals surface area contributed by atoms with Crippen LogP contribution in [0.1, 0.15) is 5.69 Å². The number of carbonyl (C=O) groups excluding carboxylic acids is 1. The Kier molecular flexibility index (Phi) is 3.16. The molecule has 3 N–H and O–H groups in total. The van der Waals surface area contributed by atoms with Crippen LogP contribution in [0.3, 0.4) is 0 Å². The van der Waals surface area contributed by atoms with Gasteiger partial charge in [-0.15, -0.1) is 0 Å². The van der Waals surface area contributed by atoms with E-state index in [1.54, 1.807) is 0 Å². The Morgan fingerprint density at radius 3 is 2.69 bits per heavy atom. The van der Waals surface area contributed by atoms with Crippen LogP contribution >= 0.6 is 0 Å². The molecule has 0 saturated carbocycles. The van der Waals surface area contributed by atoms with Gasteiger partial charge in [0, 0.05) is 6.20 Å². The zero-order valence-electron chi connectivity index (χ0n) is 7.90. The zero-order chi connectivity index (χ0) is 12.3. The van der Waals surface area contributed by atoms with Gasteiger partial charge in [-0.3, -0.25) is 15.0 Å². The van der Waals surface area contributed by atoms with E-state index in [-0.39, 0.29) is 6.67 Å². The standard InChI is InChI=1S/C7H8F3N5O/c8-7(9,10)5-1-2-15(13-5)4-14(3-11)6(12)16/h1-3,11H,4H2,(H2,12,16). The molecule has 1 aromatic rings. The maximum absolute atomic E-state index is 12.2. The monoisotopic (exact) mass is 235 g/mol. The molecule has 16 heavy (non-hydrogen) atoms. The smallest absolute Gasteiger partial charge is 0.351 e. The molecule has 6 nitrogen and oxygen atoms in total. The Labute approximate surface area is 87.9 Å². The summed E-state index contributed by atoms with van der Waals surface area (Å²) in [6.07, 6.45) is -2.88. The number of nitrogens with one attached hydrogen (secondary N) is 1. The van der Waals surface area contributed by atoms with E-state index in [1.807, 2.05) is 0 Å². The van der Waals surface area contributed by atoms with Crippen LogP contribution in [0, 0.1) is 5.41 Å². The van der Waals surface area contributed by atoms with Crippen LogP contribution < -0.4 is 5.73 Å². The van der Waals surface area contributed by atoms with Crippen LogP contribution in [0.2, 0.25) is 0 Å². The number of alkyl halides is 3. The number of hydrogen-bond acceptors (Lipinski definition) is 3. The number of urea groups is 1. The zero-order valence-corrected chi connectivity index (χ0v) is 7.90. The Hall–Kier alpha value is -2.06. The quantitative estimate of drug-likeness (QED) is 0.600. The molecule has 0 radical (unpaired) electrons. The molecule has 0 aliphatic carbocycles. The number of nitrogens with two attached hydrogens (primary N) is 1. The van der Waals surface area contributed by atoms with Crippen LogP contribution in [0.4, 0.5) is 18.0 Å². The molecule has 0 saturated heterocycles. The Morgan fingerprint density at radius 1 is 1.69 bits per heavy atom. The molecule has 0 aliphatic rings. The van der Waals surface area contributed by atoms with Gasteiger partial charge in [-0.1, -0.05) is 0 Å². The minimum Gasteiger partial charge on any atom is -0.351 e. The molecule has 2 amide bonds. The van der Waals surface area contributed by atoms with Crippen molar-refractivity contribution in [2.24, 2.45) is 5.73 Å². The van der Waals surface area contributed by atoms with Crippen LogP contribution in [-0.4, -0.2) is 27.1 Å². The average Bonchev–Trinajstić information content (AvgIpc) is 2.61. The lowest BCUT2D eigenvalue weighted by molar-refractivity contribution is -0.141. The molecule has 88 valence electrons. The van der Waals surface area contributed by atoms with Gasteiger partial charge in [-0.25, -0.2) is 4.79 Å². The Morgan fingerprint density at radius 2 is 2.31 bits per heavy atom. The Bertz CT molecular complexity index is 399. The molecule has 9 heteroatoms. The number of carbonyl (C=O) groups is 1. The third-order valence-corrected chi connectivity index (χ3v) is 1.67. The molecule has 0 aromatic carbocycles. The molecule has 1 aromatic heterocycles. The molecule has 0 aliphatic heterocycles. The van der Waals surface area contributed by atoms with Crippen LogP contribution in [0.15, 0.2) is 12.3 Å². The van der Waals surface area contributed by atoms with E-state index in [2.05, 4.69) is 5.10 Å². The minimum absolute atomic E-state index is 0.338. The van der Waals surface area contributed by atoms with E-state index in [0.29, 0.717) is 11.2 Å². The third-order valence-electron chi connectivity index (χ3n) is 1.67. The normalized spacial score (nSPS) is 11.2. The highest BCUT2D eigenvalue weighted by molar-refractivity contribution is 5.83. The Balaban J connectivity index is 2.79. The first-order valence-corrected chi connectivity index (χ1v) is 4.02. The molecule has 1 heterocycles. The third kappa shape index (κ3) is 2.72. The average molecular weight is 235 g/mol. The lowest BCUT2D eigenvalue weighted by Gasteiger charge is -2.13. The second-order valence-corrected chi connectivity index (χ2v) is 2.82. The fourth-order valence-corrected chi connectivity index (χ4v) is 0.922. The van der Waals surface area contributed by atoms with E-state index in [9.17, 15) is 18.0 Å². The summed E-state index contributed by atoms with van der Waals surface area (Å²) < 4.78 is 37.3. The number of aromatic nitrogens is 2. The van der Waals surface area contributed by atoms with Gasteiger partial charge in [0.25, 0.3) is 0 Å². The molecule has 0 unspecified atom stereocenters. The SMILES string of the molecule is N=CN(Cn1ccc(C(F)(F)F)n1)C(N)=O. The topological polar surface area (TPSA) is 88.0 Å². The number of primary amides is 1. The van der Waals surface area contributed by atoms with Crippen molar-refractivity contribution in [1.82, 2.24) is 14.7 Å². The van der Waals surface area contributed by atoms with Crippen molar-refractivity contribution in [3.63, 3.8) is 0 Å². The van der Waals surface area contributed by atoms with Gasteiger partial charge in [-0.05, 0) is 6.07 Å². The first-order chi connectivity index (χ1) is 7.34. The maximum Gasteiger partial charge on any atom is 0.435 e. The van der Waals surface area contributed by atoms with Gasteiger partial charge >= 0.3 is 12.2 Å². The highest BCUT2D eigenvalue weighted by Gasteiger charge is 2.33. The van der Waals surface area contributed by atoms with Crippen molar-refractivity contribution >= 4 is 12.4 Å². The molecule has 0 fully saturated rings. The highest BCUT2D eigenvalue weighted by atomic mass is 19.4. The summed E-state index contributed by atoms with van der Waals surface area (Å²) in [7, 11) is 0. The van der Waals surface area contributed by atoms with Crippen molar-refractivity contribution in [3.05, 3.63) is 18.0 Å². The highest BCUT2D eigenvalue weighted by Crippen LogP contribution is 2.27. The number of halogens is 3. The van der Waals surface area contributed by atoms with E-state index in [1.165, 1.54) is 0 Å². The minimum atomic E-state index is -4.53. The summed E-state index contributed by atoms with van der Waals surface area (Å²) in [5, 5.41) is 10.00. The van der Waals surface area contributed by atoms with Crippen molar-refractivity contribution in [2.75, 3.05) is 0 Å². The van der Waals surface area contributed by atoms with E-state index < -0.39 is 17.9 Å². The number of amides is 2. The largest absolute Gasteiger partial charge is 0.435 e. The van der Waals surface area contributed by atoms with Crippen LogP contribution in [0.25, 0.3) is 0 Å². The molecule has 1 rings (SSSR count). The molecular weight excluding hydrogens is 227 g/mol. The van der Waals surface area contributed by atoms with Crippen molar-refractivity contribution in [1.29, 1.82) is 5.41 Å². The maximum atomic E-state index is 12.2. The second-order valence-electron chi connectivity index (χ2n) is 2.82. The number of rotatable bonds is 3. The van der Waals surface area contributed by atoms with Gasteiger partial charge in [0.05, 0.1) is 6.34 Å². The summed E-state index contributed by atoms with van der Waals surface area (Å²) in [5.41, 5.74) is 3.79.